The van der Waals surface area contributed by atoms with E-state index in [0.29, 0.717) is 23.7 Å². The summed E-state index contributed by atoms with van der Waals surface area (Å²) in [7, 11) is 2.06. The summed E-state index contributed by atoms with van der Waals surface area (Å²) in [6, 6.07) is 0. The number of carbonyl (C=O) groups is 1. The van der Waals surface area contributed by atoms with Crippen LogP contribution in [-0.2, 0) is 18.3 Å². The predicted molar refractivity (Wildman–Crippen MR) is 85.2 cm³/mol. The van der Waals surface area contributed by atoms with Gasteiger partial charge in [-0.25, -0.2) is 4.98 Å². The Hall–Kier alpha value is -1.32. The Labute approximate surface area is 132 Å². The summed E-state index contributed by atoms with van der Waals surface area (Å²) in [5.41, 5.74) is 0. The zero-order valence-corrected chi connectivity index (χ0v) is 13.6. The second-order valence-corrected chi connectivity index (χ2v) is 7.73. The molecule has 1 aliphatic heterocycles. The van der Waals surface area contributed by atoms with E-state index in [1.807, 2.05) is 12.4 Å². The Morgan fingerprint density at radius 3 is 2.91 bits per heavy atom. The molecule has 3 aliphatic rings. The van der Waals surface area contributed by atoms with Gasteiger partial charge in [0.05, 0.1) is 0 Å². The molecule has 22 heavy (non-hydrogen) atoms. The first-order chi connectivity index (χ1) is 10.7. The lowest BCUT2D eigenvalue weighted by Gasteiger charge is -2.36. The Bertz CT molecular complexity index is 552. The molecule has 2 saturated carbocycles. The van der Waals surface area contributed by atoms with Gasteiger partial charge in [-0.2, -0.15) is 0 Å². The minimum atomic E-state index is 0.352. The summed E-state index contributed by atoms with van der Waals surface area (Å²) in [5, 5.41) is 0. The maximum Gasteiger partial charge on any atom is 0.225 e. The Morgan fingerprint density at radius 1 is 1.32 bits per heavy atom. The van der Waals surface area contributed by atoms with Crippen molar-refractivity contribution >= 4 is 5.91 Å². The lowest BCUT2D eigenvalue weighted by molar-refractivity contribution is -0.139. The zero-order valence-electron chi connectivity index (χ0n) is 13.6. The summed E-state index contributed by atoms with van der Waals surface area (Å²) in [6.45, 7) is 1.92. The third-order valence-electron chi connectivity index (χ3n) is 6.28. The normalized spacial score (nSPS) is 34.3. The van der Waals surface area contributed by atoms with Crippen molar-refractivity contribution in [2.24, 2.45) is 30.7 Å². The van der Waals surface area contributed by atoms with Crippen molar-refractivity contribution in [2.75, 3.05) is 13.1 Å². The van der Waals surface area contributed by atoms with E-state index < -0.39 is 0 Å². The van der Waals surface area contributed by atoms with Crippen LogP contribution in [-0.4, -0.2) is 33.4 Å². The molecule has 1 saturated heterocycles. The van der Waals surface area contributed by atoms with Gasteiger partial charge < -0.3 is 9.47 Å². The highest BCUT2D eigenvalue weighted by molar-refractivity contribution is 5.79. The van der Waals surface area contributed by atoms with Gasteiger partial charge in [-0.3, -0.25) is 4.79 Å². The smallest absolute Gasteiger partial charge is 0.225 e. The molecule has 1 aromatic heterocycles. The topological polar surface area (TPSA) is 38.1 Å². The molecule has 4 rings (SSSR count). The van der Waals surface area contributed by atoms with Gasteiger partial charge in [0.25, 0.3) is 0 Å². The predicted octanol–water partition coefficient (Wildman–Crippen LogP) is 2.64. The molecule has 0 N–H and O–H groups in total. The number of nitrogens with zero attached hydrogens (tertiary/aromatic N) is 3. The van der Waals surface area contributed by atoms with Crippen molar-refractivity contribution in [2.45, 2.75) is 44.9 Å². The van der Waals surface area contributed by atoms with Gasteiger partial charge in [-0.1, -0.05) is 6.42 Å². The highest BCUT2D eigenvalue weighted by Gasteiger charge is 2.44. The number of imidazole rings is 1. The summed E-state index contributed by atoms with van der Waals surface area (Å²) < 4.78 is 2.11. The minimum absolute atomic E-state index is 0.352. The van der Waals surface area contributed by atoms with Crippen LogP contribution in [0.2, 0.25) is 0 Å². The van der Waals surface area contributed by atoms with Gasteiger partial charge in [0, 0.05) is 44.9 Å². The lowest BCUT2D eigenvalue weighted by atomic mass is 9.86. The van der Waals surface area contributed by atoms with Crippen molar-refractivity contribution in [1.82, 2.24) is 14.5 Å². The molecule has 0 aromatic carbocycles. The number of fused-ring (bicyclic) bond motifs is 2. The number of carbonyl (C=O) groups excluding carboxylic acids is 1. The quantitative estimate of drug-likeness (QED) is 0.861. The summed E-state index contributed by atoms with van der Waals surface area (Å²) in [6.07, 6.45) is 12.4. The highest BCUT2D eigenvalue weighted by Crippen LogP contribution is 2.49. The van der Waals surface area contributed by atoms with Crippen LogP contribution in [0.3, 0.4) is 0 Å². The number of likely N-dealkylation sites (tertiary alicyclic amines) is 1. The molecule has 2 heterocycles. The first kappa shape index (κ1) is 14.3. The second-order valence-electron chi connectivity index (χ2n) is 7.73. The van der Waals surface area contributed by atoms with Crippen LogP contribution >= 0.6 is 0 Å². The number of aryl methyl sites for hydroxylation is 1. The van der Waals surface area contributed by atoms with Gasteiger partial charge in [0.15, 0.2) is 0 Å². The maximum atomic E-state index is 12.9. The summed E-state index contributed by atoms with van der Waals surface area (Å²) >= 11 is 0. The fourth-order valence-electron chi connectivity index (χ4n) is 5.06. The number of piperidine rings is 1. The minimum Gasteiger partial charge on any atom is -0.342 e. The summed E-state index contributed by atoms with van der Waals surface area (Å²) in [5.74, 6) is 4.11. The Kier molecular flexibility index (Phi) is 3.71. The molecule has 0 unspecified atom stereocenters. The number of amides is 1. The third kappa shape index (κ3) is 2.57. The molecule has 2 bridgehead atoms. The summed E-state index contributed by atoms with van der Waals surface area (Å²) in [4.78, 5) is 19.5. The van der Waals surface area contributed by atoms with Crippen molar-refractivity contribution in [3.05, 3.63) is 18.2 Å². The zero-order chi connectivity index (χ0) is 15.1. The molecule has 1 amide bonds. The van der Waals surface area contributed by atoms with E-state index in [-0.39, 0.29) is 0 Å². The first-order valence-electron chi connectivity index (χ1n) is 8.95. The van der Waals surface area contributed by atoms with E-state index in [9.17, 15) is 4.79 Å². The Morgan fingerprint density at radius 2 is 2.23 bits per heavy atom. The van der Waals surface area contributed by atoms with E-state index in [4.69, 9.17) is 0 Å². The van der Waals surface area contributed by atoms with Crippen LogP contribution in [0.15, 0.2) is 12.4 Å². The van der Waals surface area contributed by atoms with Crippen molar-refractivity contribution < 1.29 is 4.79 Å². The molecule has 4 nitrogen and oxygen atoms in total. The highest BCUT2D eigenvalue weighted by atomic mass is 16.2. The number of aromatic nitrogens is 2. The van der Waals surface area contributed by atoms with Gasteiger partial charge in [-0.15, -0.1) is 0 Å². The van der Waals surface area contributed by atoms with E-state index in [2.05, 4.69) is 21.5 Å². The van der Waals surface area contributed by atoms with E-state index in [0.717, 1.165) is 37.7 Å². The van der Waals surface area contributed by atoms with Crippen molar-refractivity contribution in [3.63, 3.8) is 0 Å². The van der Waals surface area contributed by atoms with Crippen LogP contribution < -0.4 is 0 Å². The molecule has 4 atom stereocenters. The molecule has 0 spiro atoms. The molecular formula is C18H27N3O. The van der Waals surface area contributed by atoms with Crippen molar-refractivity contribution in [1.29, 1.82) is 0 Å². The largest absolute Gasteiger partial charge is 0.342 e. The molecule has 4 heteroatoms. The van der Waals surface area contributed by atoms with Gasteiger partial charge >= 0.3 is 0 Å². The van der Waals surface area contributed by atoms with Gasteiger partial charge in [0.2, 0.25) is 5.91 Å². The van der Waals surface area contributed by atoms with Crippen molar-refractivity contribution in [3.8, 4) is 0 Å². The average Bonchev–Trinajstić information content (AvgIpc) is 3.25. The molecule has 3 fully saturated rings. The maximum absolute atomic E-state index is 12.9. The van der Waals surface area contributed by atoms with Crippen LogP contribution in [0.5, 0.6) is 0 Å². The van der Waals surface area contributed by atoms with Crippen LogP contribution in [0.4, 0.5) is 0 Å². The molecule has 0 radical (unpaired) electrons. The van der Waals surface area contributed by atoms with E-state index in [1.165, 1.54) is 32.1 Å². The van der Waals surface area contributed by atoms with Gasteiger partial charge in [-0.05, 0) is 49.9 Å². The average molecular weight is 301 g/mol. The van der Waals surface area contributed by atoms with Crippen LogP contribution in [0.1, 0.15) is 44.3 Å². The fraction of sp³-hybridized carbons (Fsp3) is 0.778. The number of rotatable bonds is 3. The van der Waals surface area contributed by atoms with Crippen LogP contribution in [0.25, 0.3) is 0 Å². The van der Waals surface area contributed by atoms with E-state index in [1.54, 1.807) is 0 Å². The molecule has 1 aromatic rings. The number of hydrogen-bond donors (Lipinski definition) is 0. The third-order valence-corrected chi connectivity index (χ3v) is 6.28. The SMILES string of the molecule is Cn1ccnc1C[C@H]1CCCN(C(=O)[C@@H]2C[C@H]3CC[C@H]2C3)C1. The molecular weight excluding hydrogens is 274 g/mol. The molecule has 2 aliphatic carbocycles. The fourth-order valence-corrected chi connectivity index (χ4v) is 5.06. The van der Waals surface area contributed by atoms with Crippen LogP contribution in [0, 0.1) is 23.7 Å². The van der Waals surface area contributed by atoms with Gasteiger partial charge in [0.1, 0.15) is 5.82 Å². The Balaban J connectivity index is 1.38. The van der Waals surface area contributed by atoms with E-state index >= 15 is 0 Å². The standard InChI is InChI=1S/C18H27N3O/c1-20-8-6-19-17(20)11-14-3-2-7-21(12-14)18(22)16-10-13-4-5-15(16)9-13/h6,8,13-16H,2-5,7,9-12H2,1H3/t13-,14+,15-,16+/m0/s1. The monoisotopic (exact) mass is 301 g/mol. The number of hydrogen-bond acceptors (Lipinski definition) is 2. The first-order valence-corrected chi connectivity index (χ1v) is 8.95. The molecule has 120 valence electrons. The lowest BCUT2D eigenvalue weighted by Crippen LogP contribution is -2.44. The second kappa shape index (κ2) is 5.71.